The lowest BCUT2D eigenvalue weighted by Gasteiger charge is -2.27. The zero-order chi connectivity index (χ0) is 23.8. The molecule has 1 saturated heterocycles. The molecule has 1 fully saturated rings. The lowest BCUT2D eigenvalue weighted by molar-refractivity contribution is -0.147. The number of hydrogen-bond acceptors (Lipinski definition) is 5. The second-order valence-corrected chi connectivity index (χ2v) is 8.39. The van der Waals surface area contributed by atoms with Gasteiger partial charge in [0.05, 0.1) is 17.6 Å². The Labute approximate surface area is 193 Å². The molecule has 0 aromatic heterocycles. The van der Waals surface area contributed by atoms with E-state index in [2.05, 4.69) is 16.2 Å². The van der Waals surface area contributed by atoms with Crippen molar-refractivity contribution < 1.29 is 29.0 Å². The van der Waals surface area contributed by atoms with Crippen LogP contribution in [0.25, 0.3) is 0 Å². The fourth-order valence-electron chi connectivity index (χ4n) is 4.06. The fraction of sp³-hybridized carbons (Fsp3) is 0.217. The number of rotatable bonds is 5. The van der Waals surface area contributed by atoms with Gasteiger partial charge in [0.15, 0.2) is 0 Å². The predicted octanol–water partition coefficient (Wildman–Crippen LogP) is 2.40. The van der Waals surface area contributed by atoms with Crippen molar-refractivity contribution in [2.24, 2.45) is 11.8 Å². The number of aliphatic carboxylic acids is 1. The van der Waals surface area contributed by atoms with Gasteiger partial charge in [-0.15, -0.1) is 0 Å². The summed E-state index contributed by atoms with van der Waals surface area (Å²) in [7, 11) is 0. The molecule has 9 nitrogen and oxygen atoms in total. The first-order valence-corrected chi connectivity index (χ1v) is 10.4. The van der Waals surface area contributed by atoms with E-state index in [4.69, 9.17) is 16.3 Å². The quantitative estimate of drug-likeness (QED) is 0.392. The zero-order valence-electron chi connectivity index (χ0n) is 17.4. The smallest absolute Gasteiger partial charge is 0.310 e. The molecule has 2 aliphatic rings. The van der Waals surface area contributed by atoms with Crippen LogP contribution in [0.3, 0.4) is 0 Å². The maximum absolute atomic E-state index is 12.7. The van der Waals surface area contributed by atoms with Crippen molar-refractivity contribution in [2.75, 3.05) is 5.32 Å². The molecule has 0 radical (unpaired) electrons. The molecule has 4 rings (SSSR count). The summed E-state index contributed by atoms with van der Waals surface area (Å²) in [6, 6.07) is 12.4. The number of carboxylic acids is 1. The maximum Gasteiger partial charge on any atom is 0.310 e. The average molecular weight is 470 g/mol. The maximum atomic E-state index is 12.7. The van der Waals surface area contributed by atoms with E-state index in [1.807, 2.05) is 0 Å². The Morgan fingerprint density at radius 2 is 1.55 bits per heavy atom. The number of carboxylic acid groups (broad SMARTS) is 1. The van der Waals surface area contributed by atoms with E-state index < -0.39 is 41.3 Å². The number of hydrazine groups is 1. The number of benzene rings is 2. The first-order chi connectivity index (χ1) is 15.7. The third kappa shape index (κ3) is 4.46. The molecular formula is C23H20ClN3O6. The molecule has 0 unspecified atom stereocenters. The van der Waals surface area contributed by atoms with E-state index in [0.717, 1.165) is 0 Å². The summed E-state index contributed by atoms with van der Waals surface area (Å²) in [5.74, 6) is -4.76. The molecule has 33 heavy (non-hydrogen) atoms. The fourth-order valence-corrected chi connectivity index (χ4v) is 4.18. The van der Waals surface area contributed by atoms with Gasteiger partial charge in [-0.3, -0.25) is 30.0 Å². The van der Waals surface area contributed by atoms with E-state index in [1.54, 1.807) is 55.5 Å². The molecule has 0 spiro atoms. The number of amides is 3. The van der Waals surface area contributed by atoms with Crippen LogP contribution in [0.15, 0.2) is 60.7 Å². The Morgan fingerprint density at radius 1 is 0.939 bits per heavy atom. The van der Waals surface area contributed by atoms with Gasteiger partial charge in [0.2, 0.25) is 5.91 Å². The number of halogens is 1. The second kappa shape index (κ2) is 8.68. The SMILES string of the molecule is C[C@@]12C=C[C@@H](O1)[C@@H](C(=O)O)[C@@H]2C(=O)NNC(=O)c1ccc(NC(=O)c2ccc(Cl)cc2)cc1. The molecule has 170 valence electrons. The van der Waals surface area contributed by atoms with E-state index in [0.29, 0.717) is 16.3 Å². The number of nitrogens with one attached hydrogen (secondary N) is 3. The Bertz CT molecular complexity index is 1150. The molecule has 2 aromatic carbocycles. The summed E-state index contributed by atoms with van der Waals surface area (Å²) in [6.45, 7) is 1.63. The number of hydrogen-bond donors (Lipinski definition) is 4. The Kier molecular flexibility index (Phi) is 5.92. The predicted molar refractivity (Wildman–Crippen MR) is 118 cm³/mol. The topological polar surface area (TPSA) is 134 Å². The van der Waals surface area contributed by atoms with Gasteiger partial charge < -0.3 is 15.2 Å². The van der Waals surface area contributed by atoms with Crippen LogP contribution in [0.5, 0.6) is 0 Å². The highest BCUT2D eigenvalue weighted by atomic mass is 35.5. The van der Waals surface area contributed by atoms with Gasteiger partial charge in [-0.05, 0) is 55.5 Å². The van der Waals surface area contributed by atoms with Crippen LogP contribution < -0.4 is 16.2 Å². The Hall–Kier alpha value is -3.69. The molecule has 4 N–H and O–H groups in total. The minimum Gasteiger partial charge on any atom is -0.481 e. The van der Waals surface area contributed by atoms with Crippen molar-refractivity contribution in [3.8, 4) is 0 Å². The van der Waals surface area contributed by atoms with Crippen LogP contribution in [-0.2, 0) is 14.3 Å². The molecule has 2 heterocycles. The molecule has 3 amide bonds. The first kappa shape index (κ1) is 22.5. The number of carbonyl (C=O) groups is 4. The molecule has 0 aliphatic carbocycles. The highest BCUT2D eigenvalue weighted by molar-refractivity contribution is 6.30. The zero-order valence-corrected chi connectivity index (χ0v) is 18.1. The van der Waals surface area contributed by atoms with E-state index in [-0.39, 0.29) is 11.5 Å². The summed E-state index contributed by atoms with van der Waals surface area (Å²) < 4.78 is 5.63. The summed E-state index contributed by atoms with van der Waals surface area (Å²) in [5.41, 5.74) is 4.66. The molecule has 0 saturated carbocycles. The summed E-state index contributed by atoms with van der Waals surface area (Å²) >= 11 is 5.82. The Balaban J connectivity index is 1.35. The largest absolute Gasteiger partial charge is 0.481 e. The van der Waals surface area contributed by atoms with E-state index in [1.165, 1.54) is 12.1 Å². The van der Waals surface area contributed by atoms with E-state index in [9.17, 15) is 24.3 Å². The van der Waals surface area contributed by atoms with Crippen molar-refractivity contribution in [3.05, 3.63) is 76.8 Å². The van der Waals surface area contributed by atoms with Gasteiger partial charge in [-0.1, -0.05) is 23.8 Å². The standard InChI is InChI=1S/C23H20ClN3O6/c1-23-11-10-16(33-23)17(22(31)32)18(23)21(30)27-26-20(29)13-4-8-15(9-5-13)25-19(28)12-2-6-14(24)7-3-12/h2-11,16-18H,1H3,(H,25,28)(H,26,29)(H,27,30)(H,31,32)/t16-,17-,18-,23+/m1/s1. The molecular weight excluding hydrogens is 450 g/mol. The monoisotopic (exact) mass is 469 g/mol. The lowest BCUT2D eigenvalue weighted by Crippen LogP contribution is -2.52. The van der Waals surface area contributed by atoms with Crippen LogP contribution in [0.4, 0.5) is 5.69 Å². The van der Waals surface area contributed by atoms with Crippen molar-refractivity contribution in [2.45, 2.75) is 18.6 Å². The van der Waals surface area contributed by atoms with Crippen LogP contribution >= 0.6 is 11.6 Å². The number of carbonyl (C=O) groups excluding carboxylic acids is 3. The highest BCUT2D eigenvalue weighted by Gasteiger charge is 2.59. The highest BCUT2D eigenvalue weighted by Crippen LogP contribution is 2.47. The minimum absolute atomic E-state index is 0.227. The van der Waals surface area contributed by atoms with Gasteiger partial charge in [0.25, 0.3) is 11.8 Å². The van der Waals surface area contributed by atoms with Crippen LogP contribution in [0.1, 0.15) is 27.6 Å². The molecule has 2 aromatic rings. The van der Waals surface area contributed by atoms with Crippen LogP contribution in [-0.4, -0.2) is 40.5 Å². The van der Waals surface area contributed by atoms with Crippen molar-refractivity contribution >= 4 is 41.0 Å². The lowest BCUT2D eigenvalue weighted by atomic mass is 9.76. The number of ether oxygens (including phenoxy) is 1. The van der Waals surface area contributed by atoms with Gasteiger partial charge >= 0.3 is 5.97 Å². The van der Waals surface area contributed by atoms with Crippen molar-refractivity contribution in [3.63, 3.8) is 0 Å². The van der Waals surface area contributed by atoms with Crippen molar-refractivity contribution in [1.29, 1.82) is 0 Å². The van der Waals surface area contributed by atoms with Gasteiger partial charge in [-0.2, -0.15) is 0 Å². The molecule has 4 atom stereocenters. The summed E-state index contributed by atoms with van der Waals surface area (Å²) in [5, 5.41) is 12.7. The summed E-state index contributed by atoms with van der Waals surface area (Å²) in [4.78, 5) is 49.0. The normalized spacial score (nSPS) is 24.8. The second-order valence-electron chi connectivity index (χ2n) is 7.95. The van der Waals surface area contributed by atoms with Crippen LogP contribution in [0.2, 0.25) is 5.02 Å². The van der Waals surface area contributed by atoms with Gasteiger partial charge in [0.1, 0.15) is 5.92 Å². The average Bonchev–Trinajstić information content (AvgIpc) is 3.32. The first-order valence-electron chi connectivity index (χ1n) is 10.0. The van der Waals surface area contributed by atoms with Gasteiger partial charge in [0, 0.05) is 21.8 Å². The molecule has 2 aliphatic heterocycles. The number of anilines is 1. The Morgan fingerprint density at radius 3 is 2.18 bits per heavy atom. The number of fused-ring (bicyclic) bond motifs is 2. The van der Waals surface area contributed by atoms with E-state index >= 15 is 0 Å². The third-order valence-electron chi connectivity index (χ3n) is 5.72. The van der Waals surface area contributed by atoms with Crippen LogP contribution in [0, 0.1) is 11.8 Å². The third-order valence-corrected chi connectivity index (χ3v) is 5.97. The van der Waals surface area contributed by atoms with Gasteiger partial charge in [-0.25, -0.2) is 0 Å². The molecule has 2 bridgehead atoms. The summed E-state index contributed by atoms with van der Waals surface area (Å²) in [6.07, 6.45) is 2.61. The van der Waals surface area contributed by atoms with Crippen molar-refractivity contribution in [1.82, 2.24) is 10.9 Å². The molecule has 10 heteroatoms. The minimum atomic E-state index is -1.14.